The molecule has 2 fully saturated rings. The third-order valence-electron chi connectivity index (χ3n) is 7.95. The van der Waals surface area contributed by atoms with Gasteiger partial charge < -0.3 is 14.2 Å². The normalized spacial score (nSPS) is 25.0. The Morgan fingerprint density at radius 2 is 2.08 bits per heavy atom. The number of nitrogens with zero attached hydrogens (tertiary/aromatic N) is 1. The van der Waals surface area contributed by atoms with Crippen molar-refractivity contribution in [3.05, 3.63) is 64.0 Å². The number of hydrogen-bond acceptors (Lipinski definition) is 6. The molecule has 0 N–H and O–H groups in total. The van der Waals surface area contributed by atoms with Crippen LogP contribution < -0.4 is 4.74 Å². The van der Waals surface area contributed by atoms with Gasteiger partial charge in [-0.1, -0.05) is 24.6 Å². The van der Waals surface area contributed by atoms with E-state index < -0.39 is 12.0 Å². The van der Waals surface area contributed by atoms with Crippen molar-refractivity contribution in [2.45, 2.75) is 58.3 Å². The van der Waals surface area contributed by atoms with E-state index in [1.54, 1.807) is 18.2 Å². The maximum atomic E-state index is 14.1. The van der Waals surface area contributed by atoms with Crippen molar-refractivity contribution in [1.82, 2.24) is 4.90 Å². The summed E-state index contributed by atoms with van der Waals surface area (Å²) in [5.74, 6) is -0.617. The zero-order chi connectivity index (χ0) is 25.4. The maximum absolute atomic E-state index is 14.1. The molecule has 2 saturated heterocycles. The van der Waals surface area contributed by atoms with Crippen LogP contribution in [0.15, 0.2) is 30.3 Å². The van der Waals surface area contributed by atoms with Crippen LogP contribution >= 0.6 is 0 Å². The summed E-state index contributed by atoms with van der Waals surface area (Å²) in [5, 5.41) is 0. The lowest BCUT2D eigenvalue weighted by atomic mass is 9.74. The quantitative estimate of drug-likeness (QED) is 0.441. The highest BCUT2D eigenvalue weighted by Crippen LogP contribution is 2.50. The van der Waals surface area contributed by atoms with Crippen LogP contribution in [0, 0.1) is 44.0 Å². The largest absolute Gasteiger partial charge is 0.489 e. The molecule has 7 heteroatoms. The number of fused-ring (bicyclic) bond motifs is 3. The summed E-state index contributed by atoms with van der Waals surface area (Å²) < 4.78 is 31.0. The van der Waals surface area contributed by atoms with E-state index in [1.807, 2.05) is 30.9 Å². The Bertz CT molecular complexity index is 1230. The molecule has 0 radical (unpaired) electrons. The summed E-state index contributed by atoms with van der Waals surface area (Å²) in [4.78, 5) is 27.4. The molecular formula is C29H30FNO5. The first kappa shape index (κ1) is 24.3. The first-order chi connectivity index (χ1) is 17.4. The van der Waals surface area contributed by atoms with Crippen molar-refractivity contribution in [1.29, 1.82) is 0 Å². The van der Waals surface area contributed by atoms with Crippen LogP contribution in [0.2, 0.25) is 0 Å². The van der Waals surface area contributed by atoms with Gasteiger partial charge >= 0.3 is 11.9 Å². The number of likely N-dealkylation sites (tertiary alicyclic amines) is 1. The Morgan fingerprint density at radius 3 is 2.86 bits per heavy atom. The third-order valence-corrected chi connectivity index (χ3v) is 7.95. The Balaban J connectivity index is 1.38. The van der Waals surface area contributed by atoms with E-state index in [4.69, 9.17) is 20.6 Å². The zero-order valence-corrected chi connectivity index (χ0v) is 20.6. The summed E-state index contributed by atoms with van der Waals surface area (Å²) in [7, 11) is 0. The number of ether oxygens (including phenoxy) is 3. The smallest absolute Gasteiger partial charge is 0.337 e. The highest BCUT2D eigenvalue weighted by molar-refractivity contribution is 5.78. The van der Waals surface area contributed by atoms with Gasteiger partial charge in [-0.3, -0.25) is 9.69 Å². The summed E-state index contributed by atoms with van der Waals surface area (Å²) in [6.07, 6.45) is 9.94. The van der Waals surface area contributed by atoms with Crippen molar-refractivity contribution in [3.8, 4) is 18.3 Å². The molecule has 6 nitrogen and oxygen atoms in total. The molecule has 1 unspecified atom stereocenters. The molecule has 2 aromatic rings. The van der Waals surface area contributed by atoms with Crippen LogP contribution in [0.3, 0.4) is 0 Å². The van der Waals surface area contributed by atoms with E-state index in [0.717, 1.165) is 36.0 Å². The number of hydrogen-bond donors (Lipinski definition) is 0. The number of halogens is 1. The minimum absolute atomic E-state index is 0.00909. The maximum Gasteiger partial charge on any atom is 0.337 e. The standard InChI is InChI=1S/C29H30FNO5/c1-4-34-29(33)24-10-7-13-31(24)15-22-21-12-11-20-17(2)14-25(18(3)26(20)27(21)36-28(22)32)35-16-19-8-5-6-9-23(19)30/h1,5-6,8-9,14,21-22,24,27H,7,10-13,15-16H2,2-3H3/t21-,22?,24+,27+/m0/s1. The van der Waals surface area contributed by atoms with Crippen LogP contribution in [0.5, 0.6) is 5.75 Å². The van der Waals surface area contributed by atoms with E-state index in [1.165, 1.54) is 11.6 Å². The number of carbonyl (C=O) groups is 2. The van der Waals surface area contributed by atoms with Gasteiger partial charge in [0, 0.05) is 23.6 Å². The van der Waals surface area contributed by atoms with E-state index >= 15 is 0 Å². The second kappa shape index (κ2) is 9.94. The summed E-state index contributed by atoms with van der Waals surface area (Å²) in [6, 6.07) is 8.14. The van der Waals surface area contributed by atoms with E-state index in [-0.39, 0.29) is 36.3 Å². The molecule has 188 valence electrons. The molecule has 0 saturated carbocycles. The molecule has 0 bridgehead atoms. The molecule has 0 amide bonds. The topological polar surface area (TPSA) is 65.1 Å². The second-order valence-electron chi connectivity index (χ2n) is 9.95. The molecule has 4 atom stereocenters. The number of esters is 2. The number of benzene rings is 2. The van der Waals surface area contributed by atoms with Crippen LogP contribution in [0.1, 0.15) is 53.2 Å². The van der Waals surface area contributed by atoms with Gasteiger partial charge in [0.05, 0.1) is 5.92 Å². The lowest BCUT2D eigenvalue weighted by Crippen LogP contribution is -2.42. The fourth-order valence-electron chi connectivity index (χ4n) is 6.12. The minimum atomic E-state index is -0.435. The van der Waals surface area contributed by atoms with Gasteiger partial charge in [-0.15, -0.1) is 0 Å². The third kappa shape index (κ3) is 4.35. The SMILES string of the molecule is C#COC(=O)[C@H]1CCCN1CC1C(=O)O[C@H]2c3c(C)c(OCc4ccccc4F)cc(C)c3CC[C@@H]12. The molecule has 1 aliphatic carbocycles. The molecule has 3 aliphatic rings. The van der Waals surface area contributed by atoms with Gasteiger partial charge in [0.25, 0.3) is 0 Å². The molecular weight excluding hydrogens is 461 g/mol. The van der Waals surface area contributed by atoms with Crippen molar-refractivity contribution in [3.63, 3.8) is 0 Å². The van der Waals surface area contributed by atoms with Crippen molar-refractivity contribution < 1.29 is 28.2 Å². The van der Waals surface area contributed by atoms with Crippen LogP contribution in [0.4, 0.5) is 4.39 Å². The van der Waals surface area contributed by atoms with Gasteiger partial charge in [-0.05, 0) is 74.9 Å². The fourth-order valence-corrected chi connectivity index (χ4v) is 6.12. The van der Waals surface area contributed by atoms with Crippen LogP contribution in [-0.2, 0) is 32.1 Å². The molecule has 2 aliphatic heterocycles. The Labute approximate surface area is 210 Å². The number of aryl methyl sites for hydroxylation is 1. The molecule has 0 spiro atoms. The lowest BCUT2D eigenvalue weighted by Gasteiger charge is -2.33. The highest BCUT2D eigenvalue weighted by atomic mass is 19.1. The van der Waals surface area contributed by atoms with E-state index in [2.05, 4.69) is 0 Å². The van der Waals surface area contributed by atoms with Crippen LogP contribution in [0.25, 0.3) is 0 Å². The molecule has 36 heavy (non-hydrogen) atoms. The van der Waals surface area contributed by atoms with Crippen molar-refractivity contribution in [2.24, 2.45) is 11.8 Å². The molecule has 0 aromatic heterocycles. The monoisotopic (exact) mass is 491 g/mol. The summed E-state index contributed by atoms with van der Waals surface area (Å²) >= 11 is 0. The Hall–Kier alpha value is -3.37. The molecule has 5 rings (SSSR count). The number of terminal acetylenes is 1. The zero-order valence-electron chi connectivity index (χ0n) is 20.6. The Kier molecular flexibility index (Phi) is 6.72. The number of carbonyl (C=O) groups excluding carboxylic acids is 2. The van der Waals surface area contributed by atoms with Gasteiger partial charge in [0.2, 0.25) is 0 Å². The minimum Gasteiger partial charge on any atom is -0.489 e. The average Bonchev–Trinajstić information content (AvgIpc) is 3.45. The molecule has 2 heterocycles. The van der Waals surface area contributed by atoms with Gasteiger partial charge in [-0.2, -0.15) is 0 Å². The second-order valence-corrected chi connectivity index (χ2v) is 9.95. The number of rotatable bonds is 6. The summed E-state index contributed by atoms with van der Waals surface area (Å²) in [5.41, 5.74) is 4.69. The van der Waals surface area contributed by atoms with Gasteiger partial charge in [0.15, 0.2) is 0 Å². The summed E-state index contributed by atoms with van der Waals surface area (Å²) in [6.45, 7) is 5.29. The van der Waals surface area contributed by atoms with E-state index in [0.29, 0.717) is 30.8 Å². The average molecular weight is 492 g/mol. The van der Waals surface area contributed by atoms with Crippen molar-refractivity contribution >= 4 is 11.9 Å². The van der Waals surface area contributed by atoms with Gasteiger partial charge in [0.1, 0.15) is 36.4 Å². The highest BCUT2D eigenvalue weighted by Gasteiger charge is 2.50. The molecule has 2 aromatic carbocycles. The predicted molar refractivity (Wildman–Crippen MR) is 130 cm³/mol. The Morgan fingerprint density at radius 1 is 1.28 bits per heavy atom. The van der Waals surface area contributed by atoms with Crippen LogP contribution in [-0.4, -0.2) is 36.0 Å². The lowest BCUT2D eigenvalue weighted by molar-refractivity contribution is -0.147. The van der Waals surface area contributed by atoms with Crippen molar-refractivity contribution in [2.75, 3.05) is 13.1 Å². The van der Waals surface area contributed by atoms with E-state index in [9.17, 15) is 14.0 Å². The van der Waals surface area contributed by atoms with Gasteiger partial charge in [-0.25, -0.2) is 9.18 Å². The predicted octanol–water partition coefficient (Wildman–Crippen LogP) is 4.40. The first-order valence-corrected chi connectivity index (χ1v) is 12.5. The fraction of sp³-hybridized carbons (Fsp3) is 0.448. The first-order valence-electron chi connectivity index (χ1n) is 12.5.